The van der Waals surface area contributed by atoms with Crippen molar-refractivity contribution in [2.24, 2.45) is 11.3 Å². The van der Waals surface area contributed by atoms with E-state index in [4.69, 9.17) is 25.8 Å². The van der Waals surface area contributed by atoms with Crippen LogP contribution in [0.1, 0.15) is 64.6 Å². The van der Waals surface area contributed by atoms with Crippen molar-refractivity contribution in [3.8, 4) is 0 Å². The second kappa shape index (κ2) is 7.06. The molecule has 7 atom stereocenters. The number of carbonyl (C=O) groups excluding carboxylic acids is 2. The van der Waals surface area contributed by atoms with E-state index in [9.17, 15) is 14.7 Å². The van der Waals surface area contributed by atoms with E-state index in [1.54, 1.807) is 6.92 Å². The third-order valence-corrected chi connectivity index (χ3v) is 11.0. The van der Waals surface area contributed by atoms with Gasteiger partial charge in [-0.1, -0.05) is 31.5 Å². The van der Waals surface area contributed by atoms with Crippen LogP contribution in [0.2, 0.25) is 5.02 Å². The number of esters is 1. The van der Waals surface area contributed by atoms with Crippen molar-refractivity contribution in [1.82, 2.24) is 4.98 Å². The van der Waals surface area contributed by atoms with Gasteiger partial charge in [-0.3, -0.25) is 9.59 Å². The number of hydrogen-bond donors (Lipinski definition) is 2. The van der Waals surface area contributed by atoms with Crippen molar-refractivity contribution in [3.05, 3.63) is 46.1 Å². The molecule has 5 aliphatic rings. The van der Waals surface area contributed by atoms with E-state index in [0.717, 1.165) is 18.4 Å². The van der Waals surface area contributed by atoms with Gasteiger partial charge >= 0.3 is 5.97 Å². The number of fused-ring (bicyclic) bond motifs is 9. The summed E-state index contributed by atoms with van der Waals surface area (Å²) in [5.74, 6) is -1.63. The molecular weight excluding hydrogens is 494 g/mol. The number of aromatic amines is 1. The molecule has 2 saturated carbocycles. The Morgan fingerprint density at radius 3 is 2.76 bits per heavy atom. The number of H-pyrrole nitrogens is 1. The Kier molecular flexibility index (Phi) is 4.56. The maximum Gasteiger partial charge on any atom is 0.303 e. The van der Waals surface area contributed by atoms with Gasteiger partial charge in [0, 0.05) is 51.4 Å². The fraction of sp³-hybridized carbons (Fsp3) is 0.586. The van der Waals surface area contributed by atoms with Crippen molar-refractivity contribution in [3.63, 3.8) is 0 Å². The van der Waals surface area contributed by atoms with Crippen molar-refractivity contribution in [2.45, 2.75) is 88.3 Å². The summed E-state index contributed by atoms with van der Waals surface area (Å²) < 4.78 is 18.2. The summed E-state index contributed by atoms with van der Waals surface area (Å²) in [7, 11) is 0. The SMILES string of the molecule is CC(=O)O[C@]1(C)CO[C@@]23CC[C@@]4(C)[C@@]5(C)c6[nH]c7cc(Cl)ccc7c6C[C@H]5CC[C@]4(O)C2=CC(=O)[C@H]1O3. The van der Waals surface area contributed by atoms with Crippen LogP contribution in [0.4, 0.5) is 0 Å². The minimum absolute atomic E-state index is 0.0277. The van der Waals surface area contributed by atoms with Crippen LogP contribution in [0.5, 0.6) is 0 Å². The van der Waals surface area contributed by atoms with Crippen LogP contribution in [0.25, 0.3) is 10.9 Å². The van der Waals surface area contributed by atoms with Crippen LogP contribution < -0.4 is 0 Å². The van der Waals surface area contributed by atoms with Gasteiger partial charge in [-0.15, -0.1) is 0 Å². The lowest BCUT2D eigenvalue weighted by Crippen LogP contribution is -2.74. The van der Waals surface area contributed by atoms with Crippen molar-refractivity contribution < 1.29 is 28.9 Å². The fourth-order valence-corrected chi connectivity index (χ4v) is 8.85. The molecule has 3 heterocycles. The summed E-state index contributed by atoms with van der Waals surface area (Å²) >= 11 is 6.31. The molecule has 2 bridgehead atoms. The molecule has 1 saturated heterocycles. The number of rotatable bonds is 1. The lowest BCUT2D eigenvalue weighted by atomic mass is 9.42. The monoisotopic (exact) mass is 525 g/mol. The minimum atomic E-state index is -1.30. The molecule has 196 valence electrons. The Bertz CT molecular complexity index is 1430. The number of nitrogens with one attached hydrogen (secondary N) is 1. The Balaban J connectivity index is 1.36. The molecule has 1 spiro atoms. The maximum absolute atomic E-state index is 13.5. The van der Waals surface area contributed by atoms with Crippen LogP contribution in [-0.4, -0.2) is 51.5 Å². The zero-order valence-corrected chi connectivity index (χ0v) is 22.3. The predicted molar refractivity (Wildman–Crippen MR) is 136 cm³/mol. The maximum atomic E-state index is 13.5. The molecular formula is C29H32ClNO6. The number of ether oxygens (including phenoxy) is 3. The van der Waals surface area contributed by atoms with Gasteiger partial charge in [0.2, 0.25) is 0 Å². The number of ketones is 1. The summed E-state index contributed by atoms with van der Waals surface area (Å²) in [5, 5.41) is 14.6. The van der Waals surface area contributed by atoms with Gasteiger partial charge < -0.3 is 24.3 Å². The van der Waals surface area contributed by atoms with Gasteiger partial charge in [-0.2, -0.15) is 0 Å². The highest BCUT2D eigenvalue weighted by molar-refractivity contribution is 6.31. The molecule has 0 unspecified atom stereocenters. The number of carbonyl (C=O) groups is 2. The summed E-state index contributed by atoms with van der Waals surface area (Å²) in [5.41, 5.74) is 0.558. The first-order chi connectivity index (χ1) is 17.4. The number of hydrogen-bond acceptors (Lipinski definition) is 6. The largest absolute Gasteiger partial charge is 0.454 e. The predicted octanol–water partition coefficient (Wildman–Crippen LogP) is 4.52. The Labute approximate surface area is 220 Å². The smallest absolute Gasteiger partial charge is 0.303 e. The van der Waals surface area contributed by atoms with Crippen molar-refractivity contribution in [1.29, 1.82) is 0 Å². The Hall–Kier alpha value is -2.19. The molecule has 7 rings (SSSR count). The highest BCUT2D eigenvalue weighted by Crippen LogP contribution is 2.71. The molecule has 37 heavy (non-hydrogen) atoms. The van der Waals surface area contributed by atoms with Gasteiger partial charge in [0.05, 0.1) is 12.2 Å². The lowest BCUT2D eigenvalue weighted by Gasteiger charge is -2.67. The zero-order valence-electron chi connectivity index (χ0n) is 21.6. The van der Waals surface area contributed by atoms with Crippen LogP contribution in [-0.2, 0) is 35.6 Å². The first-order valence-electron chi connectivity index (χ1n) is 13.2. The first kappa shape index (κ1) is 23.9. The average Bonchev–Trinajstić information content (AvgIpc) is 3.33. The Morgan fingerprint density at radius 2 is 2.00 bits per heavy atom. The normalized spacial score (nSPS) is 43.9. The molecule has 3 fully saturated rings. The topological polar surface area (TPSA) is 97.9 Å². The third kappa shape index (κ3) is 2.69. The van der Waals surface area contributed by atoms with E-state index in [2.05, 4.69) is 24.9 Å². The molecule has 1 aromatic carbocycles. The van der Waals surface area contributed by atoms with E-state index < -0.39 is 34.5 Å². The van der Waals surface area contributed by atoms with Crippen molar-refractivity contribution >= 4 is 34.3 Å². The third-order valence-electron chi connectivity index (χ3n) is 10.8. The molecule has 7 nitrogen and oxygen atoms in total. The average molecular weight is 526 g/mol. The fourth-order valence-electron chi connectivity index (χ4n) is 8.68. The summed E-state index contributed by atoms with van der Waals surface area (Å²) in [6.07, 6.45) is 4.00. The molecule has 2 N–H and O–H groups in total. The molecule has 1 aromatic heterocycles. The van der Waals surface area contributed by atoms with Gasteiger partial charge in [0.25, 0.3) is 0 Å². The molecule has 0 amide bonds. The first-order valence-corrected chi connectivity index (χ1v) is 13.6. The van der Waals surface area contributed by atoms with E-state index in [1.807, 2.05) is 12.1 Å². The molecule has 2 aliphatic heterocycles. The summed E-state index contributed by atoms with van der Waals surface area (Å²) in [4.78, 5) is 28.9. The number of aliphatic hydroxyl groups is 1. The summed E-state index contributed by atoms with van der Waals surface area (Å²) in [6.45, 7) is 7.45. The van der Waals surface area contributed by atoms with Gasteiger partial charge in [-0.25, -0.2) is 0 Å². The number of halogens is 1. The quantitative estimate of drug-likeness (QED) is 0.531. The molecule has 2 aromatic rings. The van der Waals surface area contributed by atoms with E-state index in [1.165, 1.54) is 29.6 Å². The highest BCUT2D eigenvalue weighted by Gasteiger charge is 2.74. The summed E-state index contributed by atoms with van der Waals surface area (Å²) in [6, 6.07) is 5.98. The second-order valence-electron chi connectivity index (χ2n) is 12.4. The van der Waals surface area contributed by atoms with Gasteiger partial charge in [-0.05, 0) is 62.3 Å². The lowest BCUT2D eigenvalue weighted by molar-refractivity contribution is -0.350. The van der Waals surface area contributed by atoms with Crippen LogP contribution in [0.3, 0.4) is 0 Å². The zero-order chi connectivity index (χ0) is 26.2. The number of aromatic nitrogens is 1. The van der Waals surface area contributed by atoms with Crippen LogP contribution in [0.15, 0.2) is 29.8 Å². The number of benzene rings is 1. The van der Waals surface area contributed by atoms with Gasteiger partial charge in [0.15, 0.2) is 23.3 Å². The van der Waals surface area contributed by atoms with Gasteiger partial charge in [0.1, 0.15) is 0 Å². The molecule has 8 heteroatoms. The van der Waals surface area contributed by atoms with E-state index >= 15 is 0 Å². The van der Waals surface area contributed by atoms with E-state index in [0.29, 0.717) is 35.8 Å². The standard InChI is InChI=1S/C29H32ClNO6/c1-15(32)36-25(2)14-35-29-10-9-26(3)27(4)16(7-8-28(26,34)22(29)13-21(33)24(25)37-29)11-19-18-6-5-17(30)12-20(18)31-23(19)27/h5-6,12-13,16,24,31,34H,7-11,14H2,1-4H3/t16-,24-,25-,26+,27-,28+,29-/m1/s1. The highest BCUT2D eigenvalue weighted by atomic mass is 35.5. The Morgan fingerprint density at radius 1 is 1.22 bits per heavy atom. The molecule has 3 aliphatic carbocycles. The van der Waals surface area contributed by atoms with Crippen LogP contribution >= 0.6 is 11.6 Å². The minimum Gasteiger partial charge on any atom is -0.454 e. The van der Waals surface area contributed by atoms with Crippen molar-refractivity contribution in [2.75, 3.05) is 6.61 Å². The van der Waals surface area contributed by atoms with E-state index in [-0.39, 0.29) is 17.8 Å². The van der Waals surface area contributed by atoms with Crippen LogP contribution in [0, 0.1) is 11.3 Å². The molecule has 0 radical (unpaired) electrons. The second-order valence-corrected chi connectivity index (χ2v) is 12.8.